The Hall–Kier alpha value is -1.10. The van der Waals surface area contributed by atoms with Crippen LogP contribution in [0.2, 0.25) is 0 Å². The molecule has 18 heavy (non-hydrogen) atoms. The zero-order chi connectivity index (χ0) is 12.6. The lowest BCUT2D eigenvalue weighted by Gasteiger charge is -2.33. The average Bonchev–Trinajstić information content (AvgIpc) is 2.39. The Bertz CT molecular complexity index is 603. The minimum Gasteiger partial charge on any atom is -0.232 e. The van der Waals surface area contributed by atoms with Crippen molar-refractivity contribution in [2.45, 2.75) is 0 Å². The fourth-order valence-electron chi connectivity index (χ4n) is 2.31. The highest BCUT2D eigenvalue weighted by molar-refractivity contribution is 7.93. The van der Waals surface area contributed by atoms with Crippen LogP contribution in [0.3, 0.4) is 0 Å². The SMILES string of the molecule is CP1(c2ccccc2)=NP(C)(c2ccccc2)=N1. The lowest BCUT2D eigenvalue weighted by molar-refractivity contribution is 1.61. The molecule has 1 aliphatic rings. The van der Waals surface area contributed by atoms with Gasteiger partial charge in [0.05, 0.1) is 0 Å². The standard InChI is InChI=1S/C14H16N2P2/c1-17(13-9-5-3-6-10-13)15-18(2,16-17)14-11-7-4-8-12-14/h3-12H,1-2H3. The van der Waals surface area contributed by atoms with Gasteiger partial charge in [-0.3, -0.25) is 0 Å². The lowest BCUT2D eigenvalue weighted by Crippen LogP contribution is -2.11. The van der Waals surface area contributed by atoms with Gasteiger partial charge in [0.25, 0.3) is 0 Å². The van der Waals surface area contributed by atoms with Gasteiger partial charge in [-0.1, -0.05) is 60.7 Å². The number of rotatable bonds is 2. The van der Waals surface area contributed by atoms with E-state index >= 15 is 0 Å². The third-order valence-electron chi connectivity index (χ3n) is 3.19. The second kappa shape index (κ2) is 4.23. The average molecular weight is 274 g/mol. The number of hydrogen-bond donors (Lipinski definition) is 0. The van der Waals surface area contributed by atoms with Crippen LogP contribution < -0.4 is 10.6 Å². The minimum atomic E-state index is -1.58. The Morgan fingerprint density at radius 2 is 0.944 bits per heavy atom. The van der Waals surface area contributed by atoms with E-state index in [1.165, 1.54) is 10.6 Å². The molecule has 0 saturated carbocycles. The summed E-state index contributed by atoms with van der Waals surface area (Å²) in [5.41, 5.74) is 0. The molecule has 1 aliphatic heterocycles. The molecule has 92 valence electrons. The Labute approximate surface area is 108 Å². The number of benzene rings is 2. The third-order valence-corrected chi connectivity index (χ3v) is 11.3. The highest BCUT2D eigenvalue weighted by Crippen LogP contribution is 2.73. The molecule has 0 spiro atoms. The van der Waals surface area contributed by atoms with E-state index in [1.807, 2.05) is 12.1 Å². The van der Waals surface area contributed by atoms with E-state index in [-0.39, 0.29) is 0 Å². The molecule has 0 amide bonds. The Morgan fingerprint density at radius 3 is 1.28 bits per heavy atom. The van der Waals surface area contributed by atoms with E-state index < -0.39 is 14.4 Å². The molecule has 0 atom stereocenters. The summed E-state index contributed by atoms with van der Waals surface area (Å²) in [7, 11) is -3.17. The summed E-state index contributed by atoms with van der Waals surface area (Å²) in [4.78, 5) is 0. The predicted molar refractivity (Wildman–Crippen MR) is 82.7 cm³/mol. The summed E-state index contributed by atoms with van der Waals surface area (Å²) in [5.74, 6) is 0. The number of nitrogens with zero attached hydrogens (tertiary/aromatic N) is 2. The van der Waals surface area contributed by atoms with Crippen LogP contribution in [0.5, 0.6) is 0 Å². The highest BCUT2D eigenvalue weighted by atomic mass is 31.2. The van der Waals surface area contributed by atoms with Crippen LogP contribution in [-0.4, -0.2) is 13.3 Å². The second-order valence-electron chi connectivity index (χ2n) is 4.68. The van der Waals surface area contributed by atoms with Crippen LogP contribution in [0, 0.1) is 0 Å². The normalized spacial score (nSPS) is 29.9. The Kier molecular flexibility index (Phi) is 2.81. The van der Waals surface area contributed by atoms with Crippen molar-refractivity contribution in [1.29, 1.82) is 0 Å². The first-order chi connectivity index (χ1) is 8.62. The summed E-state index contributed by atoms with van der Waals surface area (Å²) in [6, 6.07) is 21.0. The number of hydrogen-bond acceptors (Lipinski definition) is 2. The van der Waals surface area contributed by atoms with E-state index in [0.717, 1.165) is 0 Å². The van der Waals surface area contributed by atoms with Crippen LogP contribution in [-0.2, 0) is 0 Å². The van der Waals surface area contributed by atoms with Crippen molar-refractivity contribution in [3.63, 3.8) is 0 Å². The minimum absolute atomic E-state index is 1.29. The van der Waals surface area contributed by atoms with E-state index in [1.54, 1.807) is 0 Å². The van der Waals surface area contributed by atoms with Crippen molar-refractivity contribution in [2.24, 2.45) is 9.03 Å². The zero-order valence-corrected chi connectivity index (χ0v) is 12.4. The van der Waals surface area contributed by atoms with Crippen molar-refractivity contribution in [2.75, 3.05) is 13.3 Å². The Balaban J connectivity index is 2.02. The molecule has 0 aromatic heterocycles. The van der Waals surface area contributed by atoms with Crippen molar-refractivity contribution < 1.29 is 0 Å². The Morgan fingerprint density at radius 1 is 0.611 bits per heavy atom. The van der Waals surface area contributed by atoms with Crippen LogP contribution in [0.4, 0.5) is 0 Å². The second-order valence-corrected chi connectivity index (χ2v) is 10.8. The third kappa shape index (κ3) is 1.90. The molecular formula is C14H16N2P2. The molecule has 1 heterocycles. The molecule has 2 nitrogen and oxygen atoms in total. The van der Waals surface area contributed by atoms with Crippen molar-refractivity contribution in [3.8, 4) is 0 Å². The molecule has 0 radical (unpaired) electrons. The van der Waals surface area contributed by atoms with Gasteiger partial charge >= 0.3 is 0 Å². The van der Waals surface area contributed by atoms with Crippen LogP contribution in [0.15, 0.2) is 69.7 Å². The van der Waals surface area contributed by atoms with Crippen LogP contribution in [0.1, 0.15) is 0 Å². The molecule has 4 heteroatoms. The first kappa shape index (κ1) is 12.0. The molecule has 2 aromatic rings. The van der Waals surface area contributed by atoms with E-state index in [2.05, 4.69) is 61.9 Å². The quantitative estimate of drug-likeness (QED) is 0.735. The summed E-state index contributed by atoms with van der Waals surface area (Å²) in [5, 5.41) is 2.58. The maximum absolute atomic E-state index is 5.08. The first-order valence-electron chi connectivity index (χ1n) is 5.96. The molecule has 0 fully saturated rings. The molecule has 0 unspecified atom stereocenters. The van der Waals surface area contributed by atoms with E-state index in [9.17, 15) is 0 Å². The summed E-state index contributed by atoms with van der Waals surface area (Å²) >= 11 is 0. The van der Waals surface area contributed by atoms with Gasteiger partial charge in [0.15, 0.2) is 0 Å². The van der Waals surface area contributed by atoms with Gasteiger partial charge in [0.2, 0.25) is 0 Å². The monoisotopic (exact) mass is 274 g/mol. The zero-order valence-electron chi connectivity index (χ0n) is 10.6. The molecule has 2 aromatic carbocycles. The molecular weight excluding hydrogens is 258 g/mol. The van der Waals surface area contributed by atoms with Crippen LogP contribution in [0.25, 0.3) is 0 Å². The van der Waals surface area contributed by atoms with E-state index in [0.29, 0.717) is 0 Å². The fraction of sp³-hybridized carbons (Fsp3) is 0.143. The van der Waals surface area contributed by atoms with Gasteiger partial charge in [0.1, 0.15) is 14.4 Å². The maximum Gasteiger partial charge on any atom is 0.106 e. The summed E-state index contributed by atoms with van der Waals surface area (Å²) in [6.07, 6.45) is 0. The largest absolute Gasteiger partial charge is 0.232 e. The van der Waals surface area contributed by atoms with Crippen LogP contribution >= 0.6 is 14.4 Å². The van der Waals surface area contributed by atoms with E-state index in [4.69, 9.17) is 9.03 Å². The lowest BCUT2D eigenvalue weighted by atomic mass is 10.4. The summed E-state index contributed by atoms with van der Waals surface area (Å²) in [6.45, 7) is 4.40. The maximum atomic E-state index is 5.08. The smallest absolute Gasteiger partial charge is 0.106 e. The topological polar surface area (TPSA) is 24.7 Å². The first-order valence-corrected chi connectivity index (χ1v) is 10.2. The van der Waals surface area contributed by atoms with Crippen molar-refractivity contribution in [3.05, 3.63) is 60.7 Å². The van der Waals surface area contributed by atoms with Gasteiger partial charge in [-0.15, -0.1) is 0 Å². The molecule has 0 aliphatic carbocycles. The van der Waals surface area contributed by atoms with Crippen molar-refractivity contribution in [1.82, 2.24) is 0 Å². The predicted octanol–water partition coefficient (Wildman–Crippen LogP) is 4.14. The van der Waals surface area contributed by atoms with Crippen molar-refractivity contribution >= 4 is 25.0 Å². The van der Waals surface area contributed by atoms with Gasteiger partial charge in [-0.25, -0.2) is 9.03 Å². The molecule has 3 rings (SSSR count). The highest BCUT2D eigenvalue weighted by Gasteiger charge is 2.31. The summed E-state index contributed by atoms with van der Waals surface area (Å²) < 4.78 is 10.2. The van der Waals surface area contributed by atoms with Gasteiger partial charge in [0, 0.05) is 10.6 Å². The van der Waals surface area contributed by atoms with Gasteiger partial charge in [-0.05, 0) is 13.3 Å². The molecule has 0 saturated heterocycles. The molecule has 0 bridgehead atoms. The van der Waals surface area contributed by atoms with Gasteiger partial charge in [-0.2, -0.15) is 0 Å². The van der Waals surface area contributed by atoms with Gasteiger partial charge < -0.3 is 0 Å². The molecule has 0 N–H and O–H groups in total. The fourth-order valence-corrected chi connectivity index (χ4v) is 10.9.